The number of esters is 1. The predicted octanol–water partition coefficient (Wildman–Crippen LogP) is 3.53. The number of carbonyl (C=O) groups is 2. The Morgan fingerprint density at radius 2 is 2.00 bits per heavy atom. The summed E-state index contributed by atoms with van der Waals surface area (Å²) in [5, 5.41) is 0.452. The summed E-state index contributed by atoms with van der Waals surface area (Å²) in [5.74, 6) is -0.189. The van der Waals surface area contributed by atoms with Crippen LogP contribution >= 0.6 is 11.8 Å². The van der Waals surface area contributed by atoms with Crippen molar-refractivity contribution < 1.29 is 14.3 Å². The van der Waals surface area contributed by atoms with E-state index in [9.17, 15) is 9.59 Å². The molecule has 2 aliphatic rings. The van der Waals surface area contributed by atoms with Gasteiger partial charge in [-0.25, -0.2) is 9.79 Å². The number of nitrogens with zero attached hydrogens (tertiary/aromatic N) is 2. The molecule has 6 heteroatoms. The first-order valence-electron chi connectivity index (χ1n) is 8.41. The van der Waals surface area contributed by atoms with Crippen molar-refractivity contribution in [3.05, 3.63) is 47.2 Å². The van der Waals surface area contributed by atoms with Gasteiger partial charge in [0.15, 0.2) is 5.17 Å². The molecule has 0 aliphatic carbocycles. The zero-order valence-electron chi connectivity index (χ0n) is 14.9. The molecule has 1 fully saturated rings. The molecule has 0 radical (unpaired) electrons. The highest BCUT2D eigenvalue weighted by molar-refractivity contribution is 8.15. The van der Waals surface area contributed by atoms with Crippen LogP contribution in [-0.2, 0) is 14.3 Å². The maximum Gasteiger partial charge on any atom is 0.338 e. The van der Waals surface area contributed by atoms with Crippen LogP contribution < -0.4 is 0 Å². The summed E-state index contributed by atoms with van der Waals surface area (Å²) in [5.41, 5.74) is 1.94. The smallest absolute Gasteiger partial charge is 0.338 e. The molecule has 0 aromatic heterocycles. The number of amides is 1. The first kappa shape index (κ1) is 17.7. The number of thioether (sulfide) groups is 1. The summed E-state index contributed by atoms with van der Waals surface area (Å²) in [4.78, 5) is 31.6. The lowest BCUT2D eigenvalue weighted by Crippen LogP contribution is -2.40. The molecule has 2 atom stereocenters. The highest BCUT2D eigenvalue weighted by Crippen LogP contribution is 2.43. The zero-order valence-corrected chi connectivity index (χ0v) is 15.7. The second-order valence-electron chi connectivity index (χ2n) is 6.67. The van der Waals surface area contributed by atoms with Crippen LogP contribution in [0.2, 0.25) is 0 Å². The van der Waals surface area contributed by atoms with Crippen molar-refractivity contribution in [2.24, 2.45) is 10.9 Å². The number of hydrogen-bond acceptors (Lipinski definition) is 5. The minimum atomic E-state index is -0.488. The summed E-state index contributed by atoms with van der Waals surface area (Å²) in [6.07, 6.45) is 0. The third kappa shape index (κ3) is 3.35. The second kappa shape index (κ2) is 7.04. The molecule has 5 nitrogen and oxygen atoms in total. The van der Waals surface area contributed by atoms with Gasteiger partial charge in [0.1, 0.15) is 0 Å². The van der Waals surface area contributed by atoms with E-state index in [1.165, 1.54) is 11.8 Å². The Labute approximate surface area is 152 Å². The molecule has 0 spiro atoms. The van der Waals surface area contributed by atoms with Crippen LogP contribution in [0, 0.1) is 5.92 Å². The molecule has 2 aliphatic heterocycles. The lowest BCUT2D eigenvalue weighted by molar-refractivity contribution is -0.141. The molecular formula is C19H22N2O3S. The molecule has 1 amide bonds. The Morgan fingerprint density at radius 3 is 2.64 bits per heavy atom. The molecule has 0 unspecified atom stereocenters. The number of benzene rings is 1. The van der Waals surface area contributed by atoms with E-state index in [4.69, 9.17) is 4.74 Å². The van der Waals surface area contributed by atoms with Gasteiger partial charge in [-0.05, 0) is 25.3 Å². The Morgan fingerprint density at radius 1 is 1.32 bits per heavy atom. The largest absolute Gasteiger partial charge is 0.462 e. The molecule has 1 saturated heterocycles. The highest BCUT2D eigenvalue weighted by atomic mass is 32.2. The van der Waals surface area contributed by atoms with Crippen LogP contribution in [0.4, 0.5) is 0 Å². The molecule has 2 heterocycles. The second-order valence-corrected chi connectivity index (χ2v) is 7.98. The number of amidine groups is 1. The normalized spacial score (nSPS) is 23.0. The van der Waals surface area contributed by atoms with E-state index in [-0.39, 0.29) is 17.1 Å². The summed E-state index contributed by atoms with van der Waals surface area (Å²) in [6.45, 7) is 7.99. The molecule has 3 rings (SSSR count). The Hall–Kier alpha value is -2.08. The number of rotatable bonds is 4. The van der Waals surface area contributed by atoms with Gasteiger partial charge in [0.05, 0.1) is 29.2 Å². The van der Waals surface area contributed by atoms with Gasteiger partial charge in [-0.3, -0.25) is 9.69 Å². The van der Waals surface area contributed by atoms with Gasteiger partial charge >= 0.3 is 5.97 Å². The van der Waals surface area contributed by atoms with E-state index in [2.05, 4.69) is 4.99 Å². The van der Waals surface area contributed by atoms with Crippen LogP contribution in [0.3, 0.4) is 0 Å². The standard InChI is InChI=1S/C19H22N2O3S/c1-11(2)10-24-18(23)15-12(3)20-19-21(17(22)13(4)25-19)16(15)14-8-6-5-7-9-14/h5-9,11,13,16H,10H2,1-4H3/t13-,16+/m0/s1. The van der Waals surface area contributed by atoms with Gasteiger partial charge in [0.25, 0.3) is 0 Å². The Kier molecular flexibility index (Phi) is 4.99. The zero-order chi connectivity index (χ0) is 18.1. The molecule has 25 heavy (non-hydrogen) atoms. The average molecular weight is 358 g/mol. The van der Waals surface area contributed by atoms with Crippen molar-refractivity contribution in [2.45, 2.75) is 39.0 Å². The van der Waals surface area contributed by atoms with Crippen LogP contribution in [0.25, 0.3) is 0 Å². The van der Waals surface area contributed by atoms with Gasteiger partial charge in [-0.2, -0.15) is 0 Å². The number of carbonyl (C=O) groups excluding carboxylic acids is 2. The van der Waals surface area contributed by atoms with Gasteiger partial charge in [-0.15, -0.1) is 0 Å². The van der Waals surface area contributed by atoms with Crippen LogP contribution in [0.15, 0.2) is 46.6 Å². The quantitative estimate of drug-likeness (QED) is 0.773. The van der Waals surface area contributed by atoms with Crippen LogP contribution in [0.5, 0.6) is 0 Å². The summed E-state index contributed by atoms with van der Waals surface area (Å²) < 4.78 is 5.46. The predicted molar refractivity (Wildman–Crippen MR) is 99.0 cm³/mol. The van der Waals surface area contributed by atoms with Crippen molar-refractivity contribution in [1.82, 2.24) is 4.90 Å². The van der Waals surface area contributed by atoms with Crippen LogP contribution in [-0.4, -0.2) is 33.8 Å². The number of ether oxygens (including phenoxy) is 1. The number of allylic oxidation sites excluding steroid dienone is 1. The number of fused-ring (bicyclic) bond motifs is 1. The minimum Gasteiger partial charge on any atom is -0.462 e. The third-order valence-electron chi connectivity index (χ3n) is 4.14. The van der Waals surface area contributed by atoms with E-state index < -0.39 is 12.0 Å². The molecule has 0 saturated carbocycles. The molecule has 132 valence electrons. The molecule has 1 aromatic carbocycles. The van der Waals surface area contributed by atoms with Gasteiger partial charge in [0.2, 0.25) is 5.91 Å². The summed E-state index contributed by atoms with van der Waals surface area (Å²) >= 11 is 1.43. The van der Waals surface area contributed by atoms with Gasteiger partial charge in [-0.1, -0.05) is 55.9 Å². The van der Waals surface area contributed by atoms with Crippen molar-refractivity contribution in [3.8, 4) is 0 Å². The maximum absolute atomic E-state index is 12.8. The van der Waals surface area contributed by atoms with E-state index >= 15 is 0 Å². The molecule has 0 N–H and O–H groups in total. The topological polar surface area (TPSA) is 59.0 Å². The van der Waals surface area contributed by atoms with Crippen molar-refractivity contribution >= 4 is 28.8 Å². The first-order chi connectivity index (χ1) is 11.9. The van der Waals surface area contributed by atoms with E-state index in [0.29, 0.717) is 23.0 Å². The van der Waals surface area contributed by atoms with Crippen molar-refractivity contribution in [1.29, 1.82) is 0 Å². The summed E-state index contributed by atoms with van der Waals surface area (Å²) in [7, 11) is 0. The van der Waals surface area contributed by atoms with Crippen LogP contribution in [0.1, 0.15) is 39.3 Å². The van der Waals surface area contributed by atoms with Gasteiger partial charge in [0, 0.05) is 0 Å². The lowest BCUT2D eigenvalue weighted by atomic mass is 9.94. The molecular weight excluding hydrogens is 336 g/mol. The highest BCUT2D eigenvalue weighted by Gasteiger charge is 2.46. The first-order valence-corrected chi connectivity index (χ1v) is 9.29. The Bertz CT molecular complexity index is 755. The minimum absolute atomic E-state index is 0.0285. The molecule has 1 aromatic rings. The maximum atomic E-state index is 12.8. The SMILES string of the molecule is CC1=C(C(=O)OCC(C)C)[C@@H](c2ccccc2)N2C(=O)[C@H](C)SC2=N1. The summed E-state index contributed by atoms with van der Waals surface area (Å²) in [6, 6.07) is 9.10. The monoisotopic (exact) mass is 358 g/mol. The number of hydrogen-bond donors (Lipinski definition) is 0. The fourth-order valence-electron chi connectivity index (χ4n) is 2.93. The number of aliphatic imine (C=N–C) groups is 1. The lowest BCUT2D eigenvalue weighted by Gasteiger charge is -2.33. The van der Waals surface area contributed by atoms with Crippen molar-refractivity contribution in [2.75, 3.05) is 6.61 Å². The molecule has 0 bridgehead atoms. The van der Waals surface area contributed by atoms with E-state index in [1.54, 1.807) is 11.8 Å². The van der Waals surface area contributed by atoms with E-state index in [1.807, 2.05) is 51.1 Å². The Balaban J connectivity index is 2.05. The third-order valence-corrected chi connectivity index (χ3v) is 5.20. The van der Waals surface area contributed by atoms with E-state index in [0.717, 1.165) is 5.56 Å². The van der Waals surface area contributed by atoms with Crippen molar-refractivity contribution in [3.63, 3.8) is 0 Å². The average Bonchev–Trinajstić information content (AvgIpc) is 2.86. The van der Waals surface area contributed by atoms with Gasteiger partial charge < -0.3 is 4.74 Å². The fraction of sp³-hybridized carbons (Fsp3) is 0.421. The fourth-order valence-corrected chi connectivity index (χ4v) is 3.96.